The summed E-state index contributed by atoms with van der Waals surface area (Å²) in [4.78, 5) is 17.1. The molecule has 0 aliphatic carbocycles. The lowest BCUT2D eigenvalue weighted by molar-refractivity contribution is -0.133. The molecule has 2 N–H and O–H groups in total. The van der Waals surface area contributed by atoms with Gasteiger partial charge in [-0.15, -0.1) is 0 Å². The van der Waals surface area contributed by atoms with Crippen LogP contribution in [0.25, 0.3) is 0 Å². The number of nitrogens with zero attached hydrogens (tertiary/aromatic N) is 2. The monoisotopic (exact) mass is 223 g/mol. The van der Waals surface area contributed by atoms with E-state index >= 15 is 0 Å². The molecule has 16 heavy (non-hydrogen) atoms. The molecule has 0 radical (unpaired) electrons. The molecule has 0 aromatic carbocycles. The van der Waals surface area contributed by atoms with Crippen LogP contribution in [0.4, 0.5) is 5.82 Å². The first-order valence-corrected chi connectivity index (χ1v) is 5.11. The van der Waals surface area contributed by atoms with Crippen LogP contribution in [0.15, 0.2) is 18.3 Å². The molecule has 0 saturated carbocycles. The summed E-state index contributed by atoms with van der Waals surface area (Å²) in [5, 5.41) is 0. The van der Waals surface area contributed by atoms with Gasteiger partial charge >= 0.3 is 0 Å². The van der Waals surface area contributed by atoms with Crippen LogP contribution in [0.1, 0.15) is 13.8 Å². The highest BCUT2D eigenvalue weighted by Crippen LogP contribution is 2.16. The van der Waals surface area contributed by atoms with Crippen LogP contribution in [0.3, 0.4) is 0 Å². The molecule has 1 aromatic rings. The van der Waals surface area contributed by atoms with Crippen molar-refractivity contribution >= 4 is 11.7 Å². The molecule has 0 fully saturated rings. The predicted molar refractivity (Wildman–Crippen MR) is 62.1 cm³/mol. The van der Waals surface area contributed by atoms with E-state index < -0.39 is 0 Å². The van der Waals surface area contributed by atoms with Crippen LogP contribution in [-0.4, -0.2) is 35.5 Å². The number of likely N-dealkylation sites (N-methyl/N-ethyl adjacent to an activating group) is 1. The summed E-state index contributed by atoms with van der Waals surface area (Å²) < 4.78 is 5.29. The normalized spacial score (nSPS) is 10.2. The van der Waals surface area contributed by atoms with Crippen LogP contribution < -0.4 is 10.5 Å². The lowest BCUT2D eigenvalue weighted by Crippen LogP contribution is -2.36. The number of amides is 1. The number of nitrogens with two attached hydrogens (primary N) is 1. The van der Waals surface area contributed by atoms with Crippen molar-refractivity contribution < 1.29 is 9.53 Å². The molecule has 0 unspecified atom stereocenters. The Bertz CT molecular complexity index is 366. The number of pyridine rings is 1. The Morgan fingerprint density at radius 3 is 2.88 bits per heavy atom. The quantitative estimate of drug-likeness (QED) is 0.823. The number of nitrogen functional groups attached to an aromatic ring is 1. The maximum absolute atomic E-state index is 11.6. The Morgan fingerprint density at radius 2 is 2.31 bits per heavy atom. The van der Waals surface area contributed by atoms with Crippen molar-refractivity contribution in [2.75, 3.05) is 19.4 Å². The lowest BCUT2D eigenvalue weighted by Gasteiger charge is -2.21. The molecule has 1 amide bonds. The molecule has 88 valence electrons. The highest BCUT2D eigenvalue weighted by Gasteiger charge is 2.13. The van der Waals surface area contributed by atoms with Crippen molar-refractivity contribution in [3.05, 3.63) is 18.3 Å². The molecule has 1 aromatic heterocycles. The SMILES string of the molecule is CC(C)N(C)C(=O)COc1cccnc1N. The van der Waals surface area contributed by atoms with E-state index in [4.69, 9.17) is 10.5 Å². The van der Waals surface area contributed by atoms with E-state index in [0.717, 1.165) is 0 Å². The molecule has 0 saturated heterocycles. The molecule has 1 rings (SSSR count). The zero-order valence-corrected chi connectivity index (χ0v) is 9.80. The second kappa shape index (κ2) is 5.34. The third-order valence-corrected chi connectivity index (χ3v) is 2.32. The summed E-state index contributed by atoms with van der Waals surface area (Å²) in [7, 11) is 1.74. The fourth-order valence-electron chi connectivity index (χ4n) is 1.05. The minimum Gasteiger partial charge on any atom is -0.480 e. The summed E-state index contributed by atoms with van der Waals surface area (Å²) in [6.07, 6.45) is 1.57. The Balaban J connectivity index is 2.52. The zero-order chi connectivity index (χ0) is 12.1. The third kappa shape index (κ3) is 3.12. The van der Waals surface area contributed by atoms with Crippen molar-refractivity contribution in [1.82, 2.24) is 9.88 Å². The lowest BCUT2D eigenvalue weighted by atomic mass is 10.3. The van der Waals surface area contributed by atoms with Crippen LogP contribution >= 0.6 is 0 Å². The molecule has 0 atom stereocenters. The first kappa shape index (κ1) is 12.3. The average molecular weight is 223 g/mol. The number of aromatic nitrogens is 1. The van der Waals surface area contributed by atoms with Gasteiger partial charge in [-0.25, -0.2) is 4.98 Å². The molecule has 0 bridgehead atoms. The minimum atomic E-state index is -0.0850. The van der Waals surface area contributed by atoms with Gasteiger partial charge < -0.3 is 15.4 Å². The number of carbonyl (C=O) groups excluding carboxylic acids is 1. The van der Waals surface area contributed by atoms with E-state index in [-0.39, 0.29) is 18.6 Å². The third-order valence-electron chi connectivity index (χ3n) is 2.32. The molecule has 0 spiro atoms. The summed E-state index contributed by atoms with van der Waals surface area (Å²) >= 11 is 0. The maximum Gasteiger partial charge on any atom is 0.260 e. The van der Waals surface area contributed by atoms with E-state index in [0.29, 0.717) is 11.6 Å². The topological polar surface area (TPSA) is 68.5 Å². The van der Waals surface area contributed by atoms with Gasteiger partial charge in [0.05, 0.1) is 0 Å². The molecular formula is C11H17N3O2. The van der Waals surface area contributed by atoms with Gasteiger partial charge in [0, 0.05) is 19.3 Å². The summed E-state index contributed by atoms with van der Waals surface area (Å²) in [5.74, 6) is 0.647. The Morgan fingerprint density at radius 1 is 1.62 bits per heavy atom. The molecule has 0 aliphatic heterocycles. The smallest absolute Gasteiger partial charge is 0.260 e. The Kier molecular flexibility index (Phi) is 4.10. The average Bonchev–Trinajstić information content (AvgIpc) is 2.26. The Hall–Kier alpha value is -1.78. The highest BCUT2D eigenvalue weighted by atomic mass is 16.5. The van der Waals surface area contributed by atoms with Gasteiger partial charge in [0.1, 0.15) is 0 Å². The van der Waals surface area contributed by atoms with Crippen LogP contribution in [-0.2, 0) is 4.79 Å². The van der Waals surface area contributed by atoms with Crippen molar-refractivity contribution in [3.8, 4) is 5.75 Å². The van der Waals surface area contributed by atoms with E-state index in [1.165, 1.54) is 0 Å². The summed E-state index contributed by atoms with van der Waals surface area (Å²) in [6, 6.07) is 3.55. The number of anilines is 1. The van der Waals surface area contributed by atoms with Gasteiger partial charge in [0.2, 0.25) is 0 Å². The second-order valence-corrected chi connectivity index (χ2v) is 3.77. The number of hydrogen-bond donors (Lipinski definition) is 1. The van der Waals surface area contributed by atoms with E-state index in [1.807, 2.05) is 13.8 Å². The van der Waals surface area contributed by atoms with Gasteiger partial charge in [-0.05, 0) is 26.0 Å². The molecule has 0 aliphatic rings. The summed E-state index contributed by atoms with van der Waals surface area (Å²) in [6.45, 7) is 3.86. The molecule has 5 nitrogen and oxygen atoms in total. The van der Waals surface area contributed by atoms with Crippen molar-refractivity contribution in [2.24, 2.45) is 0 Å². The van der Waals surface area contributed by atoms with Gasteiger partial charge in [-0.3, -0.25) is 4.79 Å². The van der Waals surface area contributed by atoms with Gasteiger partial charge in [-0.2, -0.15) is 0 Å². The molecule has 5 heteroatoms. The maximum atomic E-state index is 11.6. The summed E-state index contributed by atoms with van der Waals surface area (Å²) in [5.41, 5.74) is 5.58. The highest BCUT2D eigenvalue weighted by molar-refractivity contribution is 5.77. The predicted octanol–water partition coefficient (Wildman–Crippen LogP) is 0.909. The van der Waals surface area contributed by atoms with Gasteiger partial charge in [0.15, 0.2) is 18.2 Å². The number of hydrogen-bond acceptors (Lipinski definition) is 4. The van der Waals surface area contributed by atoms with E-state index in [2.05, 4.69) is 4.98 Å². The largest absolute Gasteiger partial charge is 0.480 e. The van der Waals surface area contributed by atoms with E-state index in [9.17, 15) is 4.79 Å². The molecule has 1 heterocycles. The van der Waals surface area contributed by atoms with Crippen molar-refractivity contribution in [3.63, 3.8) is 0 Å². The standard InChI is InChI=1S/C11H17N3O2/c1-8(2)14(3)10(15)7-16-9-5-4-6-13-11(9)12/h4-6,8H,7H2,1-3H3,(H2,12,13). The van der Waals surface area contributed by atoms with Crippen LogP contribution in [0.2, 0.25) is 0 Å². The fraction of sp³-hybridized carbons (Fsp3) is 0.455. The molecular weight excluding hydrogens is 206 g/mol. The number of ether oxygens (including phenoxy) is 1. The number of rotatable bonds is 4. The number of carbonyl (C=O) groups is 1. The van der Waals surface area contributed by atoms with Crippen molar-refractivity contribution in [1.29, 1.82) is 0 Å². The second-order valence-electron chi connectivity index (χ2n) is 3.77. The van der Waals surface area contributed by atoms with Gasteiger partial charge in [0.25, 0.3) is 5.91 Å². The first-order valence-electron chi connectivity index (χ1n) is 5.11. The Labute approximate surface area is 95.2 Å². The van der Waals surface area contributed by atoms with Crippen molar-refractivity contribution in [2.45, 2.75) is 19.9 Å². The van der Waals surface area contributed by atoms with Crippen LogP contribution in [0.5, 0.6) is 5.75 Å². The zero-order valence-electron chi connectivity index (χ0n) is 9.80. The van der Waals surface area contributed by atoms with Gasteiger partial charge in [-0.1, -0.05) is 0 Å². The minimum absolute atomic E-state index is 0.0232. The fourth-order valence-corrected chi connectivity index (χ4v) is 1.05. The first-order chi connectivity index (χ1) is 7.52. The van der Waals surface area contributed by atoms with E-state index in [1.54, 1.807) is 30.3 Å². The van der Waals surface area contributed by atoms with Crippen LogP contribution in [0, 0.1) is 0 Å².